The Labute approximate surface area is 150 Å². The Kier molecular flexibility index (Phi) is 4.28. The maximum atomic E-state index is 12.8. The first kappa shape index (κ1) is 16.5. The molecule has 0 spiro atoms. The molecular formula is C19H21N5O2. The van der Waals surface area contributed by atoms with Gasteiger partial charge in [-0.15, -0.1) is 0 Å². The summed E-state index contributed by atoms with van der Waals surface area (Å²) in [6.45, 7) is 2.59. The Hall–Kier alpha value is -2.96. The summed E-state index contributed by atoms with van der Waals surface area (Å²) in [5.41, 5.74) is 1.89. The van der Waals surface area contributed by atoms with Gasteiger partial charge in [0.25, 0.3) is 11.5 Å². The molecule has 26 heavy (non-hydrogen) atoms. The van der Waals surface area contributed by atoms with E-state index in [0.29, 0.717) is 22.3 Å². The van der Waals surface area contributed by atoms with Gasteiger partial charge in [0.2, 0.25) is 0 Å². The molecule has 0 atom stereocenters. The quantitative estimate of drug-likeness (QED) is 0.742. The van der Waals surface area contributed by atoms with E-state index >= 15 is 0 Å². The minimum Gasteiger partial charge on any atom is -0.305 e. The fourth-order valence-corrected chi connectivity index (χ4v) is 3.41. The molecule has 0 saturated carbocycles. The number of aryl methyl sites for hydroxylation is 2. The number of fused-ring (bicyclic) bond motifs is 2. The molecular weight excluding hydrogens is 330 g/mol. The molecule has 1 aromatic carbocycles. The number of carbonyl (C=O) groups is 1. The molecule has 1 aliphatic heterocycles. The van der Waals surface area contributed by atoms with Crippen LogP contribution in [0.4, 0.5) is 5.82 Å². The summed E-state index contributed by atoms with van der Waals surface area (Å²) in [5, 5.41) is 10.1. The highest BCUT2D eigenvalue weighted by molar-refractivity contribution is 6.05. The number of aromatic nitrogens is 4. The number of nitrogens with zero attached hydrogens (tertiary/aromatic N) is 3. The van der Waals surface area contributed by atoms with Gasteiger partial charge >= 0.3 is 0 Å². The molecule has 0 bridgehead atoms. The maximum absolute atomic E-state index is 12.8. The number of rotatable bonds is 2. The fraction of sp³-hybridized carbons (Fsp3) is 0.368. The van der Waals surface area contributed by atoms with Crippen LogP contribution in [0.3, 0.4) is 0 Å². The Morgan fingerprint density at radius 1 is 1.19 bits per heavy atom. The molecule has 4 rings (SSSR count). The van der Waals surface area contributed by atoms with Crippen LogP contribution in [0.25, 0.3) is 10.9 Å². The second kappa shape index (κ2) is 6.74. The number of carbonyl (C=O) groups excluding carboxylic acids is 1. The smallest absolute Gasteiger partial charge is 0.261 e. The molecule has 0 unspecified atom stereocenters. The average Bonchev–Trinajstić information content (AvgIpc) is 3.01. The summed E-state index contributed by atoms with van der Waals surface area (Å²) in [6, 6.07) is 6.80. The number of hydrogen-bond donors (Lipinski definition) is 2. The van der Waals surface area contributed by atoms with Crippen molar-refractivity contribution in [2.75, 3.05) is 5.32 Å². The summed E-state index contributed by atoms with van der Waals surface area (Å²) in [7, 11) is 0. The number of H-pyrrole nitrogens is 1. The van der Waals surface area contributed by atoms with Crippen LogP contribution in [0.1, 0.15) is 47.6 Å². The van der Waals surface area contributed by atoms with Crippen molar-refractivity contribution in [3.63, 3.8) is 0 Å². The monoisotopic (exact) mass is 351 g/mol. The van der Waals surface area contributed by atoms with Gasteiger partial charge in [-0.2, -0.15) is 5.10 Å². The highest BCUT2D eigenvalue weighted by Gasteiger charge is 2.15. The van der Waals surface area contributed by atoms with Crippen molar-refractivity contribution < 1.29 is 4.79 Å². The highest BCUT2D eigenvalue weighted by atomic mass is 16.1. The number of aromatic amines is 1. The molecule has 0 aliphatic carbocycles. The second-order valence-electron chi connectivity index (χ2n) is 6.77. The van der Waals surface area contributed by atoms with Crippen LogP contribution < -0.4 is 10.9 Å². The van der Waals surface area contributed by atoms with Crippen molar-refractivity contribution >= 4 is 22.6 Å². The molecule has 134 valence electrons. The first-order valence-corrected chi connectivity index (χ1v) is 8.99. The number of benzene rings is 1. The summed E-state index contributed by atoms with van der Waals surface area (Å²) in [4.78, 5) is 30.0. The van der Waals surface area contributed by atoms with Crippen LogP contribution in [0.2, 0.25) is 0 Å². The molecule has 7 nitrogen and oxygen atoms in total. The van der Waals surface area contributed by atoms with Gasteiger partial charge in [-0.05, 0) is 38.0 Å². The SMILES string of the molecule is Cc1cc(NC(=O)c2ccc3c(=O)n4c(nc3c2)CCCCCC4)n[nH]1. The molecule has 0 saturated heterocycles. The van der Waals surface area contributed by atoms with Gasteiger partial charge in [0, 0.05) is 30.3 Å². The highest BCUT2D eigenvalue weighted by Crippen LogP contribution is 2.17. The van der Waals surface area contributed by atoms with E-state index < -0.39 is 0 Å². The lowest BCUT2D eigenvalue weighted by atomic mass is 10.1. The topological polar surface area (TPSA) is 92.7 Å². The first-order valence-electron chi connectivity index (χ1n) is 8.99. The zero-order chi connectivity index (χ0) is 18.1. The Bertz CT molecular complexity index is 1030. The fourth-order valence-electron chi connectivity index (χ4n) is 3.41. The van der Waals surface area contributed by atoms with Crippen LogP contribution in [0, 0.1) is 6.92 Å². The molecule has 1 amide bonds. The summed E-state index contributed by atoms with van der Waals surface area (Å²) < 4.78 is 1.80. The second-order valence-corrected chi connectivity index (χ2v) is 6.77. The van der Waals surface area contributed by atoms with Gasteiger partial charge in [-0.25, -0.2) is 4.98 Å². The Morgan fingerprint density at radius 2 is 2.04 bits per heavy atom. The molecule has 0 radical (unpaired) electrons. The molecule has 1 aliphatic rings. The minimum atomic E-state index is -0.271. The first-order chi connectivity index (χ1) is 12.6. The van der Waals surface area contributed by atoms with Gasteiger partial charge in [0.1, 0.15) is 5.82 Å². The molecule has 0 fully saturated rings. The predicted molar refractivity (Wildman–Crippen MR) is 99.5 cm³/mol. The largest absolute Gasteiger partial charge is 0.305 e. The maximum Gasteiger partial charge on any atom is 0.261 e. The minimum absolute atomic E-state index is 0.0122. The molecule has 2 N–H and O–H groups in total. The van der Waals surface area contributed by atoms with Crippen LogP contribution in [0.15, 0.2) is 29.1 Å². The van der Waals surface area contributed by atoms with Crippen molar-refractivity contribution in [1.29, 1.82) is 0 Å². The average molecular weight is 351 g/mol. The zero-order valence-electron chi connectivity index (χ0n) is 14.7. The summed E-state index contributed by atoms with van der Waals surface area (Å²) >= 11 is 0. The van der Waals surface area contributed by atoms with Gasteiger partial charge in [0.05, 0.1) is 10.9 Å². The third-order valence-electron chi connectivity index (χ3n) is 4.78. The Balaban J connectivity index is 1.71. The van der Waals surface area contributed by atoms with Crippen LogP contribution in [-0.2, 0) is 13.0 Å². The predicted octanol–water partition coefficient (Wildman–Crippen LogP) is 2.80. The molecule has 7 heteroatoms. The molecule has 3 heterocycles. The van der Waals surface area contributed by atoms with E-state index in [-0.39, 0.29) is 11.5 Å². The van der Waals surface area contributed by atoms with Gasteiger partial charge in [0.15, 0.2) is 5.82 Å². The normalized spacial score (nSPS) is 14.5. The summed E-state index contributed by atoms with van der Waals surface area (Å²) in [6.07, 6.45) is 5.16. The number of nitrogens with one attached hydrogen (secondary N) is 2. The van der Waals surface area contributed by atoms with Crippen molar-refractivity contribution in [1.82, 2.24) is 19.7 Å². The van der Waals surface area contributed by atoms with Crippen molar-refractivity contribution in [2.24, 2.45) is 0 Å². The standard InChI is InChI=1S/C19H21N5O2/c1-12-10-16(23-22-12)21-18(25)13-7-8-14-15(11-13)20-17-6-4-2-3-5-9-24(17)19(14)26/h7-8,10-11H,2-6,9H2,1H3,(H2,21,22,23,25). The zero-order valence-corrected chi connectivity index (χ0v) is 14.7. The third kappa shape index (κ3) is 3.12. The number of amides is 1. The van der Waals surface area contributed by atoms with Gasteiger partial charge in [-0.1, -0.05) is 12.8 Å². The Morgan fingerprint density at radius 3 is 2.85 bits per heavy atom. The van der Waals surface area contributed by atoms with Crippen molar-refractivity contribution in [3.8, 4) is 0 Å². The lowest BCUT2D eigenvalue weighted by molar-refractivity contribution is 0.102. The van der Waals surface area contributed by atoms with E-state index in [4.69, 9.17) is 4.98 Å². The van der Waals surface area contributed by atoms with Crippen molar-refractivity contribution in [3.05, 3.63) is 51.7 Å². The summed E-state index contributed by atoms with van der Waals surface area (Å²) in [5.74, 6) is 1.02. The van der Waals surface area contributed by atoms with E-state index in [2.05, 4.69) is 15.5 Å². The van der Waals surface area contributed by atoms with Crippen molar-refractivity contribution in [2.45, 2.75) is 45.6 Å². The van der Waals surface area contributed by atoms with E-state index in [9.17, 15) is 9.59 Å². The number of hydrogen-bond acceptors (Lipinski definition) is 4. The lowest BCUT2D eigenvalue weighted by Gasteiger charge is -2.16. The van der Waals surface area contributed by atoms with E-state index in [0.717, 1.165) is 43.7 Å². The van der Waals surface area contributed by atoms with Crippen LogP contribution >= 0.6 is 0 Å². The van der Waals surface area contributed by atoms with E-state index in [1.54, 1.807) is 28.8 Å². The van der Waals surface area contributed by atoms with E-state index in [1.807, 2.05) is 6.92 Å². The van der Waals surface area contributed by atoms with Gasteiger partial charge in [-0.3, -0.25) is 19.3 Å². The lowest BCUT2D eigenvalue weighted by Crippen LogP contribution is -2.26. The van der Waals surface area contributed by atoms with E-state index in [1.165, 1.54) is 6.42 Å². The van der Waals surface area contributed by atoms with Crippen LogP contribution in [-0.4, -0.2) is 25.7 Å². The number of anilines is 1. The third-order valence-corrected chi connectivity index (χ3v) is 4.78. The molecule has 2 aromatic heterocycles. The van der Waals surface area contributed by atoms with Gasteiger partial charge < -0.3 is 5.32 Å². The van der Waals surface area contributed by atoms with Crippen LogP contribution in [0.5, 0.6) is 0 Å². The molecule has 3 aromatic rings.